The van der Waals surface area contributed by atoms with E-state index in [1.165, 1.54) is 0 Å². The molecule has 1 atom stereocenters. The number of hydrogen-bond acceptors (Lipinski definition) is 4. The van der Waals surface area contributed by atoms with Gasteiger partial charge in [0.05, 0.1) is 11.2 Å². The summed E-state index contributed by atoms with van der Waals surface area (Å²) < 4.78 is 0. The predicted molar refractivity (Wildman–Crippen MR) is 72.3 cm³/mol. The van der Waals surface area contributed by atoms with Crippen LogP contribution in [-0.2, 0) is 0 Å². The fourth-order valence-electron chi connectivity index (χ4n) is 2.36. The molecule has 1 saturated heterocycles. The molecule has 1 aliphatic rings. The first-order chi connectivity index (χ1) is 8.52. The Balaban J connectivity index is 2.19. The van der Waals surface area contributed by atoms with Gasteiger partial charge < -0.3 is 15.7 Å². The van der Waals surface area contributed by atoms with Gasteiger partial charge in [0, 0.05) is 24.5 Å². The van der Waals surface area contributed by atoms with Crippen molar-refractivity contribution in [1.82, 2.24) is 0 Å². The molecule has 0 spiro atoms. The summed E-state index contributed by atoms with van der Waals surface area (Å²) in [5, 5.41) is 19.1. The molecule has 0 saturated carbocycles. The first kappa shape index (κ1) is 12.7. The molecule has 1 aromatic carbocycles. The van der Waals surface area contributed by atoms with Crippen LogP contribution < -0.4 is 10.6 Å². The lowest BCUT2D eigenvalue weighted by Crippen LogP contribution is -2.28. The van der Waals surface area contributed by atoms with E-state index in [1.54, 1.807) is 6.07 Å². The summed E-state index contributed by atoms with van der Waals surface area (Å²) in [4.78, 5) is 2.21. The lowest BCUT2D eigenvalue weighted by molar-refractivity contribution is 0.0481. The number of aliphatic hydroxyl groups is 1. The van der Waals surface area contributed by atoms with Gasteiger partial charge in [0.15, 0.2) is 0 Å². The summed E-state index contributed by atoms with van der Waals surface area (Å²) >= 11 is 0. The minimum Gasteiger partial charge on any atom is -0.398 e. The van der Waals surface area contributed by atoms with Gasteiger partial charge in [-0.2, -0.15) is 5.26 Å². The van der Waals surface area contributed by atoms with E-state index in [9.17, 15) is 5.11 Å². The lowest BCUT2D eigenvalue weighted by atomic mass is 9.98. The second kappa shape index (κ2) is 4.87. The maximum Gasteiger partial charge on any atom is 0.101 e. The summed E-state index contributed by atoms with van der Waals surface area (Å²) in [7, 11) is 0. The molecule has 0 amide bonds. The van der Waals surface area contributed by atoms with Crippen LogP contribution in [0.15, 0.2) is 18.2 Å². The Morgan fingerprint density at radius 1 is 1.39 bits per heavy atom. The Bertz CT molecular complexity index is 476. The van der Waals surface area contributed by atoms with Crippen molar-refractivity contribution in [2.45, 2.75) is 31.8 Å². The Kier molecular flexibility index (Phi) is 3.44. The zero-order valence-electron chi connectivity index (χ0n) is 10.7. The van der Waals surface area contributed by atoms with E-state index in [2.05, 4.69) is 11.0 Å². The van der Waals surface area contributed by atoms with Crippen molar-refractivity contribution in [3.63, 3.8) is 0 Å². The van der Waals surface area contributed by atoms with Gasteiger partial charge in [-0.15, -0.1) is 0 Å². The topological polar surface area (TPSA) is 73.3 Å². The minimum absolute atomic E-state index is 0.517. The molecule has 4 nitrogen and oxygen atoms in total. The summed E-state index contributed by atoms with van der Waals surface area (Å²) in [5.74, 6) is 0. The van der Waals surface area contributed by atoms with Crippen LogP contribution in [0.2, 0.25) is 0 Å². The molecule has 18 heavy (non-hydrogen) atoms. The molecule has 0 aliphatic carbocycles. The molecule has 96 valence electrons. The first-order valence-corrected chi connectivity index (χ1v) is 6.29. The van der Waals surface area contributed by atoms with Gasteiger partial charge in [-0.1, -0.05) is 0 Å². The number of hydrogen-bond donors (Lipinski definition) is 2. The molecule has 1 aromatic rings. The van der Waals surface area contributed by atoms with E-state index in [-0.39, 0.29) is 0 Å². The van der Waals surface area contributed by atoms with Crippen molar-refractivity contribution in [2.75, 3.05) is 23.7 Å². The number of nitriles is 1. The highest BCUT2D eigenvalue weighted by molar-refractivity contribution is 5.62. The van der Waals surface area contributed by atoms with Gasteiger partial charge in [0.1, 0.15) is 6.07 Å². The van der Waals surface area contributed by atoms with E-state index in [1.807, 2.05) is 19.1 Å². The Morgan fingerprint density at radius 3 is 2.89 bits per heavy atom. The molecular formula is C14H19N3O. The molecule has 4 heteroatoms. The summed E-state index contributed by atoms with van der Waals surface area (Å²) in [5.41, 5.74) is 7.20. The van der Waals surface area contributed by atoms with Gasteiger partial charge in [0.2, 0.25) is 0 Å². The fourth-order valence-corrected chi connectivity index (χ4v) is 2.36. The third-order valence-corrected chi connectivity index (χ3v) is 3.59. The highest BCUT2D eigenvalue weighted by atomic mass is 16.3. The average molecular weight is 245 g/mol. The molecule has 0 radical (unpaired) electrons. The number of benzene rings is 1. The van der Waals surface area contributed by atoms with Crippen molar-refractivity contribution < 1.29 is 5.11 Å². The van der Waals surface area contributed by atoms with Gasteiger partial charge in [-0.05, 0) is 44.4 Å². The highest BCUT2D eigenvalue weighted by Crippen LogP contribution is 2.27. The van der Waals surface area contributed by atoms with Crippen LogP contribution in [0.25, 0.3) is 0 Å². The van der Waals surface area contributed by atoms with Crippen molar-refractivity contribution in [3.8, 4) is 6.07 Å². The Hall–Kier alpha value is -1.73. The van der Waals surface area contributed by atoms with Crippen LogP contribution >= 0.6 is 0 Å². The summed E-state index contributed by atoms with van der Waals surface area (Å²) in [6, 6.07) is 7.65. The standard InChI is InChI=1S/C14H19N3O/c1-14(18)5-2-7-17(8-6-14)12-3-4-13(16)11(9-12)10-15/h3-4,9,18H,2,5-8,16H2,1H3. The Labute approximate surface area is 108 Å². The zero-order chi connectivity index (χ0) is 13.2. The van der Waals surface area contributed by atoms with Crippen LogP contribution in [0.1, 0.15) is 31.7 Å². The first-order valence-electron chi connectivity index (χ1n) is 6.29. The van der Waals surface area contributed by atoms with E-state index < -0.39 is 5.60 Å². The van der Waals surface area contributed by atoms with Crippen LogP contribution in [0.4, 0.5) is 11.4 Å². The molecule has 1 fully saturated rings. The SMILES string of the molecule is CC1(O)CCCN(c2ccc(N)c(C#N)c2)CC1. The monoisotopic (exact) mass is 245 g/mol. The molecule has 3 N–H and O–H groups in total. The summed E-state index contributed by atoms with van der Waals surface area (Å²) in [6.07, 6.45) is 2.53. The normalized spacial score (nSPS) is 24.4. The van der Waals surface area contributed by atoms with Crippen molar-refractivity contribution >= 4 is 11.4 Å². The number of anilines is 2. The van der Waals surface area contributed by atoms with Gasteiger partial charge in [-0.25, -0.2) is 0 Å². The van der Waals surface area contributed by atoms with Crippen molar-refractivity contribution in [3.05, 3.63) is 23.8 Å². The van der Waals surface area contributed by atoms with E-state index in [4.69, 9.17) is 11.0 Å². The molecular weight excluding hydrogens is 226 g/mol. The molecule has 2 rings (SSSR count). The maximum absolute atomic E-state index is 10.1. The Morgan fingerprint density at radius 2 is 2.17 bits per heavy atom. The van der Waals surface area contributed by atoms with E-state index in [0.29, 0.717) is 11.3 Å². The van der Waals surface area contributed by atoms with E-state index in [0.717, 1.165) is 38.0 Å². The van der Waals surface area contributed by atoms with Crippen LogP contribution in [-0.4, -0.2) is 23.8 Å². The van der Waals surface area contributed by atoms with E-state index >= 15 is 0 Å². The smallest absolute Gasteiger partial charge is 0.101 e. The number of nitrogens with two attached hydrogens (primary N) is 1. The number of rotatable bonds is 1. The van der Waals surface area contributed by atoms with Crippen LogP contribution in [0.5, 0.6) is 0 Å². The predicted octanol–water partition coefficient (Wildman–Crippen LogP) is 1.88. The fraction of sp³-hybridized carbons (Fsp3) is 0.500. The second-order valence-electron chi connectivity index (χ2n) is 5.22. The molecule has 1 heterocycles. The quantitative estimate of drug-likeness (QED) is 0.741. The minimum atomic E-state index is -0.569. The maximum atomic E-state index is 10.1. The number of nitrogen functional groups attached to an aromatic ring is 1. The largest absolute Gasteiger partial charge is 0.398 e. The summed E-state index contributed by atoms with van der Waals surface area (Å²) in [6.45, 7) is 3.60. The second-order valence-corrected chi connectivity index (χ2v) is 5.22. The van der Waals surface area contributed by atoms with Gasteiger partial charge in [-0.3, -0.25) is 0 Å². The molecule has 0 aromatic heterocycles. The van der Waals surface area contributed by atoms with Gasteiger partial charge >= 0.3 is 0 Å². The highest BCUT2D eigenvalue weighted by Gasteiger charge is 2.25. The lowest BCUT2D eigenvalue weighted by Gasteiger charge is -2.24. The third kappa shape index (κ3) is 2.74. The zero-order valence-corrected chi connectivity index (χ0v) is 10.7. The van der Waals surface area contributed by atoms with Crippen molar-refractivity contribution in [2.24, 2.45) is 0 Å². The third-order valence-electron chi connectivity index (χ3n) is 3.59. The molecule has 1 aliphatic heterocycles. The van der Waals surface area contributed by atoms with Crippen LogP contribution in [0, 0.1) is 11.3 Å². The average Bonchev–Trinajstić information content (AvgIpc) is 2.51. The van der Waals surface area contributed by atoms with Crippen LogP contribution in [0.3, 0.4) is 0 Å². The van der Waals surface area contributed by atoms with Crippen molar-refractivity contribution in [1.29, 1.82) is 5.26 Å². The number of nitrogens with zero attached hydrogens (tertiary/aromatic N) is 2. The van der Waals surface area contributed by atoms with Gasteiger partial charge in [0.25, 0.3) is 0 Å². The molecule has 0 bridgehead atoms. The molecule has 1 unspecified atom stereocenters.